The molecule has 0 amide bonds. The van der Waals surface area contributed by atoms with Crippen molar-refractivity contribution in [3.8, 4) is 0 Å². The minimum absolute atomic E-state index is 0.0537. The third-order valence-electron chi connectivity index (χ3n) is 3.57. The molecule has 2 heterocycles. The van der Waals surface area contributed by atoms with Crippen molar-refractivity contribution >= 4 is 33.3 Å². The van der Waals surface area contributed by atoms with E-state index in [9.17, 15) is 13.2 Å². The van der Waals surface area contributed by atoms with Crippen molar-refractivity contribution in [2.24, 2.45) is 5.84 Å². The van der Waals surface area contributed by atoms with Crippen LogP contribution >= 0.6 is 11.3 Å². The fourth-order valence-electron chi connectivity index (χ4n) is 2.14. The quantitative estimate of drug-likeness (QED) is 0.597. The van der Waals surface area contributed by atoms with Crippen molar-refractivity contribution in [3.05, 3.63) is 10.9 Å². The maximum atomic E-state index is 13.1. The first-order valence-electron chi connectivity index (χ1n) is 6.50. The molecule has 0 bridgehead atoms. The molecular formula is C12H14F3N5S. The number of rotatable bonds is 4. The maximum Gasteiger partial charge on any atom is 0.411 e. The fourth-order valence-corrected chi connectivity index (χ4v) is 3.10. The van der Waals surface area contributed by atoms with E-state index in [1.165, 1.54) is 11.3 Å². The van der Waals surface area contributed by atoms with Crippen LogP contribution in [0.5, 0.6) is 0 Å². The molecule has 0 aliphatic heterocycles. The van der Waals surface area contributed by atoms with E-state index < -0.39 is 11.7 Å². The van der Waals surface area contributed by atoms with Crippen LogP contribution in [-0.4, -0.2) is 21.7 Å². The number of thiophene rings is 1. The van der Waals surface area contributed by atoms with Gasteiger partial charge in [-0.05, 0) is 25.3 Å². The maximum absolute atomic E-state index is 13.1. The van der Waals surface area contributed by atoms with E-state index >= 15 is 0 Å². The van der Waals surface area contributed by atoms with Crippen molar-refractivity contribution in [1.29, 1.82) is 0 Å². The lowest BCUT2D eigenvalue weighted by atomic mass is 10.2. The molecule has 1 aliphatic carbocycles. The van der Waals surface area contributed by atoms with Crippen molar-refractivity contribution in [2.45, 2.75) is 37.9 Å². The van der Waals surface area contributed by atoms with Gasteiger partial charge in [0.2, 0.25) is 5.95 Å². The lowest BCUT2D eigenvalue weighted by molar-refractivity contribution is -0.151. The number of anilines is 2. The number of hydrazine groups is 1. The number of halogens is 3. The summed E-state index contributed by atoms with van der Waals surface area (Å²) in [5.74, 6) is 5.58. The van der Waals surface area contributed by atoms with Gasteiger partial charge in [-0.1, -0.05) is 6.92 Å². The molecule has 2 aromatic rings. The van der Waals surface area contributed by atoms with Crippen molar-refractivity contribution in [1.82, 2.24) is 9.97 Å². The lowest BCUT2D eigenvalue weighted by Gasteiger charge is -2.21. The molecule has 1 fully saturated rings. The third kappa shape index (κ3) is 2.40. The van der Waals surface area contributed by atoms with Crippen LogP contribution in [0.2, 0.25) is 0 Å². The van der Waals surface area contributed by atoms with Crippen molar-refractivity contribution < 1.29 is 13.2 Å². The molecule has 4 N–H and O–H groups in total. The van der Waals surface area contributed by atoms with Crippen LogP contribution in [0.1, 0.15) is 24.6 Å². The molecule has 1 aliphatic rings. The van der Waals surface area contributed by atoms with Crippen LogP contribution in [-0.2, 0) is 6.42 Å². The highest BCUT2D eigenvalue weighted by Gasteiger charge is 2.63. The SMILES string of the molecule is CCc1cc2c(NC3(C(F)(F)F)CC3)nc(NN)nc2s1. The number of aromatic nitrogens is 2. The highest BCUT2D eigenvalue weighted by molar-refractivity contribution is 7.18. The molecule has 0 unspecified atom stereocenters. The first-order chi connectivity index (χ1) is 9.88. The van der Waals surface area contributed by atoms with Gasteiger partial charge in [-0.3, -0.25) is 5.43 Å². The number of fused-ring (bicyclic) bond motifs is 1. The number of alkyl halides is 3. The zero-order chi connectivity index (χ0) is 15.3. The Balaban J connectivity index is 2.06. The second kappa shape index (κ2) is 4.70. The third-order valence-corrected chi connectivity index (χ3v) is 4.74. The lowest BCUT2D eigenvalue weighted by Crippen LogP contribution is -2.39. The highest BCUT2D eigenvalue weighted by Crippen LogP contribution is 2.51. The second-order valence-corrected chi connectivity index (χ2v) is 6.15. The van der Waals surface area contributed by atoms with E-state index in [-0.39, 0.29) is 24.6 Å². The summed E-state index contributed by atoms with van der Waals surface area (Å²) in [7, 11) is 0. The van der Waals surface area contributed by atoms with Gasteiger partial charge in [-0.15, -0.1) is 11.3 Å². The zero-order valence-electron chi connectivity index (χ0n) is 11.2. The van der Waals surface area contributed by atoms with E-state index in [0.717, 1.165) is 11.3 Å². The Labute approximate surface area is 122 Å². The largest absolute Gasteiger partial charge is 0.411 e. The molecule has 5 nitrogen and oxygen atoms in total. The average Bonchev–Trinajstić information content (AvgIpc) is 3.10. The first kappa shape index (κ1) is 14.3. The smallest absolute Gasteiger partial charge is 0.356 e. The van der Waals surface area contributed by atoms with Crippen LogP contribution in [0.3, 0.4) is 0 Å². The Hall–Kier alpha value is -1.61. The number of nitrogens with zero attached hydrogens (tertiary/aromatic N) is 2. The molecule has 9 heteroatoms. The standard InChI is InChI=1S/C12H14F3N5S/c1-2-6-5-7-8(17-10(20-16)18-9(7)21-6)19-11(3-4-11)12(13,14)15/h5H,2-4,16H2,1H3,(H2,17,18,19,20). The van der Waals surface area contributed by atoms with Crippen LogP contribution in [0.4, 0.5) is 24.9 Å². The molecular weight excluding hydrogens is 303 g/mol. The molecule has 0 aromatic carbocycles. The molecule has 21 heavy (non-hydrogen) atoms. The van der Waals surface area contributed by atoms with E-state index in [1.807, 2.05) is 13.0 Å². The number of nitrogen functional groups attached to an aromatic ring is 1. The van der Waals surface area contributed by atoms with Gasteiger partial charge in [0.05, 0.1) is 5.39 Å². The van der Waals surface area contributed by atoms with Crippen molar-refractivity contribution in [2.75, 3.05) is 10.7 Å². The number of nitrogens with two attached hydrogens (primary N) is 1. The van der Waals surface area contributed by atoms with Gasteiger partial charge >= 0.3 is 6.18 Å². The van der Waals surface area contributed by atoms with Gasteiger partial charge in [0.15, 0.2) is 0 Å². The van der Waals surface area contributed by atoms with E-state index in [1.54, 1.807) is 0 Å². The van der Waals surface area contributed by atoms with Crippen molar-refractivity contribution in [3.63, 3.8) is 0 Å². The van der Waals surface area contributed by atoms with E-state index in [0.29, 0.717) is 10.2 Å². The summed E-state index contributed by atoms with van der Waals surface area (Å²) in [6.07, 6.45) is -3.41. The Morgan fingerprint density at radius 1 is 1.38 bits per heavy atom. The predicted molar refractivity (Wildman–Crippen MR) is 76.2 cm³/mol. The fraction of sp³-hybridized carbons (Fsp3) is 0.500. The Morgan fingerprint density at radius 2 is 2.10 bits per heavy atom. The van der Waals surface area contributed by atoms with Gasteiger partial charge in [0.25, 0.3) is 0 Å². The summed E-state index contributed by atoms with van der Waals surface area (Å²) < 4.78 is 39.3. The summed E-state index contributed by atoms with van der Waals surface area (Å²) in [5, 5.41) is 3.16. The van der Waals surface area contributed by atoms with Gasteiger partial charge in [0.1, 0.15) is 16.2 Å². The van der Waals surface area contributed by atoms with E-state index in [4.69, 9.17) is 5.84 Å². The normalized spacial score (nSPS) is 17.0. The molecule has 0 spiro atoms. The molecule has 0 saturated heterocycles. The predicted octanol–water partition coefficient (Wildman–Crippen LogP) is 3.05. The Bertz CT molecular complexity index is 677. The Morgan fingerprint density at radius 3 is 2.62 bits per heavy atom. The average molecular weight is 317 g/mol. The molecule has 114 valence electrons. The minimum atomic E-state index is -4.30. The number of hydrogen-bond donors (Lipinski definition) is 3. The molecule has 0 radical (unpaired) electrons. The van der Waals surface area contributed by atoms with Crippen LogP contribution in [0, 0.1) is 0 Å². The van der Waals surface area contributed by atoms with Crippen LogP contribution < -0.4 is 16.6 Å². The first-order valence-corrected chi connectivity index (χ1v) is 7.32. The summed E-state index contributed by atoms with van der Waals surface area (Å²) >= 11 is 1.43. The monoisotopic (exact) mass is 317 g/mol. The van der Waals surface area contributed by atoms with Gasteiger partial charge in [0, 0.05) is 4.88 Å². The number of hydrogen-bond acceptors (Lipinski definition) is 6. The van der Waals surface area contributed by atoms with Gasteiger partial charge in [-0.2, -0.15) is 18.2 Å². The highest BCUT2D eigenvalue weighted by atomic mass is 32.1. The second-order valence-electron chi connectivity index (χ2n) is 5.03. The molecule has 3 rings (SSSR count). The van der Waals surface area contributed by atoms with Crippen LogP contribution in [0.25, 0.3) is 10.2 Å². The van der Waals surface area contributed by atoms with Gasteiger partial charge < -0.3 is 5.32 Å². The van der Waals surface area contributed by atoms with Crippen LogP contribution in [0.15, 0.2) is 6.07 Å². The van der Waals surface area contributed by atoms with Gasteiger partial charge in [-0.25, -0.2) is 10.8 Å². The Kier molecular flexibility index (Phi) is 3.21. The number of aryl methyl sites for hydroxylation is 1. The minimum Gasteiger partial charge on any atom is -0.356 e. The topological polar surface area (TPSA) is 75.9 Å². The molecule has 0 atom stereocenters. The summed E-state index contributed by atoms with van der Waals surface area (Å²) in [5.41, 5.74) is 0.428. The molecule has 1 saturated carbocycles. The zero-order valence-corrected chi connectivity index (χ0v) is 12.0. The summed E-state index contributed by atoms with van der Waals surface area (Å²) in [4.78, 5) is 9.90. The van der Waals surface area contributed by atoms with E-state index in [2.05, 4.69) is 20.7 Å². The summed E-state index contributed by atoms with van der Waals surface area (Å²) in [6.45, 7) is 1.98. The number of nitrogens with one attached hydrogen (secondary N) is 2. The molecule has 2 aromatic heterocycles. The summed E-state index contributed by atoms with van der Waals surface area (Å²) in [6, 6.07) is 1.83.